The van der Waals surface area contributed by atoms with Crippen LogP contribution in [0.25, 0.3) is 0 Å². The molecule has 0 amide bonds. The van der Waals surface area contributed by atoms with E-state index in [0.29, 0.717) is 5.69 Å². The van der Waals surface area contributed by atoms with Crippen molar-refractivity contribution in [3.63, 3.8) is 0 Å². The fraction of sp³-hybridized carbons (Fsp3) is 0.400. The molecule has 2 N–H and O–H groups in total. The van der Waals surface area contributed by atoms with Crippen LogP contribution in [-0.2, 0) is 21.8 Å². The molecule has 31 heavy (non-hydrogen) atoms. The first kappa shape index (κ1) is 22.9. The van der Waals surface area contributed by atoms with Crippen LogP contribution < -0.4 is 5.73 Å². The fourth-order valence-corrected chi connectivity index (χ4v) is 4.86. The number of aromatic nitrogens is 2. The van der Waals surface area contributed by atoms with Crippen LogP contribution in [0.5, 0.6) is 0 Å². The summed E-state index contributed by atoms with van der Waals surface area (Å²) in [6.07, 6.45) is -0.952. The number of sulfone groups is 1. The maximum absolute atomic E-state index is 14.7. The molecule has 0 aliphatic carbocycles. The molecule has 1 unspecified atom stereocenters. The lowest BCUT2D eigenvalue weighted by Gasteiger charge is -2.39. The summed E-state index contributed by atoms with van der Waals surface area (Å²) in [6, 6.07) is 3.19. The molecule has 166 valence electrons. The van der Waals surface area contributed by atoms with Gasteiger partial charge in [0.15, 0.2) is 21.2 Å². The summed E-state index contributed by atoms with van der Waals surface area (Å²) in [5.74, 6) is -3.19. The van der Waals surface area contributed by atoms with E-state index in [1.165, 1.54) is 32.3 Å². The molecule has 0 radical (unpaired) electrons. The monoisotopic (exact) mass is 454 g/mol. The van der Waals surface area contributed by atoms with Crippen molar-refractivity contribution < 1.29 is 26.4 Å². The average Bonchev–Trinajstić information content (AvgIpc) is 2.67. The van der Waals surface area contributed by atoms with E-state index in [9.17, 15) is 26.4 Å². The summed E-state index contributed by atoms with van der Waals surface area (Å²) < 4.78 is 66.9. The predicted molar refractivity (Wildman–Crippen MR) is 108 cm³/mol. The van der Waals surface area contributed by atoms with Gasteiger partial charge < -0.3 is 5.73 Å². The lowest BCUT2D eigenvalue weighted by Crippen LogP contribution is -2.57. The molecule has 1 aromatic heterocycles. The van der Waals surface area contributed by atoms with E-state index in [1.807, 2.05) is 0 Å². The van der Waals surface area contributed by atoms with Gasteiger partial charge in [0.1, 0.15) is 22.1 Å². The molecule has 0 saturated heterocycles. The Kier molecular flexibility index (Phi) is 5.68. The van der Waals surface area contributed by atoms with Crippen LogP contribution in [0.15, 0.2) is 35.6 Å². The average molecular weight is 454 g/mol. The maximum atomic E-state index is 14.7. The quantitative estimate of drug-likeness (QED) is 0.694. The summed E-state index contributed by atoms with van der Waals surface area (Å²) in [4.78, 5) is 24.2. The molecule has 1 aromatic carbocycles. The van der Waals surface area contributed by atoms with Crippen molar-refractivity contribution in [1.29, 1.82) is 0 Å². The van der Waals surface area contributed by atoms with Crippen molar-refractivity contribution >= 4 is 21.5 Å². The highest BCUT2D eigenvalue weighted by molar-refractivity contribution is 7.93. The van der Waals surface area contributed by atoms with Crippen molar-refractivity contribution in [2.45, 2.75) is 43.9 Å². The third kappa shape index (κ3) is 3.93. The second-order valence-electron chi connectivity index (χ2n) is 7.95. The Morgan fingerprint density at radius 2 is 1.90 bits per heavy atom. The zero-order valence-corrected chi connectivity index (χ0v) is 17.9. The smallest absolute Gasteiger partial charge is 0.268 e. The summed E-state index contributed by atoms with van der Waals surface area (Å²) in [7, 11) is -4.20. The van der Waals surface area contributed by atoms with Crippen molar-refractivity contribution in [1.82, 2.24) is 9.97 Å². The minimum atomic E-state index is -4.20. The second kappa shape index (κ2) is 7.70. The van der Waals surface area contributed by atoms with E-state index < -0.39 is 55.3 Å². The van der Waals surface area contributed by atoms with Gasteiger partial charge in [-0.1, -0.05) is 6.07 Å². The molecule has 0 fully saturated rings. The van der Waals surface area contributed by atoms with Gasteiger partial charge in [-0.05, 0) is 38.5 Å². The first-order valence-electron chi connectivity index (χ1n) is 9.27. The van der Waals surface area contributed by atoms with Gasteiger partial charge in [-0.3, -0.25) is 14.8 Å². The van der Waals surface area contributed by atoms with Gasteiger partial charge in [0, 0.05) is 18.2 Å². The zero-order valence-electron chi connectivity index (χ0n) is 17.1. The topological polar surface area (TPSA) is 115 Å². The number of nitrogens with zero attached hydrogens (tertiary/aromatic N) is 3. The number of nitrogens with two attached hydrogens (primary N) is 1. The maximum Gasteiger partial charge on any atom is 0.268 e. The molecular weight excluding hydrogens is 433 g/mol. The van der Waals surface area contributed by atoms with Crippen LogP contribution in [0.3, 0.4) is 0 Å². The number of aliphatic imine (C=N–C) groups is 1. The summed E-state index contributed by atoms with van der Waals surface area (Å²) in [6.45, 7) is 4.21. The number of rotatable bonds is 5. The SMILES string of the molecule is Cc1cnc(C(=O)Cc2ccc(F)c(C3(C(F)F)CS(=O)(=O)C(C)(C)C(N)=N3)c2)cn1. The Hall–Kier alpha value is -2.82. The number of hydrogen-bond acceptors (Lipinski definition) is 7. The van der Waals surface area contributed by atoms with Gasteiger partial charge >= 0.3 is 0 Å². The Morgan fingerprint density at radius 3 is 2.45 bits per heavy atom. The van der Waals surface area contributed by atoms with E-state index in [4.69, 9.17) is 5.73 Å². The Bertz CT molecular complexity index is 1160. The minimum absolute atomic E-state index is 0.0595. The van der Waals surface area contributed by atoms with E-state index in [-0.39, 0.29) is 17.7 Å². The Balaban J connectivity index is 2.08. The molecule has 2 aromatic rings. The van der Waals surface area contributed by atoms with E-state index in [0.717, 1.165) is 12.1 Å². The van der Waals surface area contributed by atoms with Crippen LogP contribution in [0.4, 0.5) is 13.2 Å². The third-order valence-corrected chi connectivity index (χ3v) is 8.00. The van der Waals surface area contributed by atoms with Crippen molar-refractivity contribution in [3.05, 3.63) is 58.9 Å². The minimum Gasteiger partial charge on any atom is -0.386 e. The van der Waals surface area contributed by atoms with Gasteiger partial charge in [-0.25, -0.2) is 26.6 Å². The summed E-state index contributed by atoms with van der Waals surface area (Å²) >= 11 is 0. The van der Waals surface area contributed by atoms with E-state index in [2.05, 4.69) is 15.0 Å². The second-order valence-corrected chi connectivity index (χ2v) is 10.5. The predicted octanol–water partition coefficient (Wildman–Crippen LogP) is 2.37. The van der Waals surface area contributed by atoms with Gasteiger partial charge in [-0.2, -0.15) is 0 Å². The Morgan fingerprint density at radius 1 is 1.23 bits per heavy atom. The standard InChI is InChI=1S/C20H21F3N4O3S/c1-11-8-26-15(9-25-11)16(28)7-12-4-5-14(21)13(6-12)20(17(22)23)10-31(29,30)19(2,3)18(24)27-20/h4-6,8-9,17H,7,10H2,1-3H3,(H2,24,27). The first-order valence-corrected chi connectivity index (χ1v) is 10.9. The molecule has 7 nitrogen and oxygen atoms in total. The van der Waals surface area contributed by atoms with Crippen LogP contribution >= 0.6 is 0 Å². The van der Waals surface area contributed by atoms with E-state index >= 15 is 0 Å². The van der Waals surface area contributed by atoms with Crippen molar-refractivity contribution in [3.8, 4) is 0 Å². The van der Waals surface area contributed by atoms with E-state index in [1.54, 1.807) is 6.92 Å². The van der Waals surface area contributed by atoms with Crippen LogP contribution in [0.2, 0.25) is 0 Å². The first-order chi connectivity index (χ1) is 14.3. The van der Waals surface area contributed by atoms with Crippen molar-refractivity contribution in [2.24, 2.45) is 10.7 Å². The molecule has 1 aliphatic rings. The van der Waals surface area contributed by atoms with Crippen LogP contribution in [-0.4, -0.2) is 46.9 Å². The molecule has 1 atom stereocenters. The summed E-state index contributed by atoms with van der Waals surface area (Å²) in [5, 5.41) is 0. The van der Waals surface area contributed by atoms with Gasteiger partial charge in [0.25, 0.3) is 6.43 Å². The molecule has 0 saturated carbocycles. The zero-order chi connectivity index (χ0) is 23.2. The van der Waals surface area contributed by atoms with Crippen LogP contribution in [0.1, 0.15) is 41.2 Å². The van der Waals surface area contributed by atoms with Gasteiger partial charge in [0.2, 0.25) is 0 Å². The molecule has 0 spiro atoms. The molecule has 2 heterocycles. The number of amidine groups is 1. The van der Waals surface area contributed by atoms with Crippen LogP contribution in [0, 0.1) is 12.7 Å². The highest BCUT2D eigenvalue weighted by Crippen LogP contribution is 2.42. The molecular formula is C20H21F3N4O3S. The third-order valence-electron chi connectivity index (χ3n) is 5.41. The lowest BCUT2D eigenvalue weighted by atomic mass is 9.89. The van der Waals surface area contributed by atoms with Gasteiger partial charge in [0.05, 0.1) is 17.6 Å². The molecule has 1 aliphatic heterocycles. The molecule has 3 rings (SSSR count). The number of halogens is 3. The number of benzene rings is 1. The molecule has 0 bridgehead atoms. The number of hydrogen-bond donors (Lipinski definition) is 1. The number of carbonyl (C=O) groups excluding carboxylic acids is 1. The number of Topliss-reactive ketones (excluding diaryl/α,β-unsaturated/α-hetero) is 1. The number of aryl methyl sites for hydroxylation is 1. The summed E-state index contributed by atoms with van der Waals surface area (Å²) in [5.41, 5.74) is 3.25. The van der Waals surface area contributed by atoms with Crippen molar-refractivity contribution in [2.75, 3.05) is 5.75 Å². The normalized spacial score (nSPS) is 22.2. The number of alkyl halides is 2. The fourth-order valence-electron chi connectivity index (χ4n) is 3.21. The Labute approximate surface area is 177 Å². The highest BCUT2D eigenvalue weighted by Gasteiger charge is 2.56. The number of carbonyl (C=O) groups is 1. The largest absolute Gasteiger partial charge is 0.386 e. The van der Waals surface area contributed by atoms with Gasteiger partial charge in [-0.15, -0.1) is 0 Å². The lowest BCUT2D eigenvalue weighted by molar-refractivity contribution is 0.0621. The molecule has 11 heteroatoms. The highest BCUT2D eigenvalue weighted by atomic mass is 32.2. The number of ketones is 1.